The van der Waals surface area contributed by atoms with E-state index in [-0.39, 0.29) is 16.2 Å². The van der Waals surface area contributed by atoms with E-state index in [1.807, 2.05) is 6.92 Å². The van der Waals surface area contributed by atoms with Gasteiger partial charge in [0.1, 0.15) is 4.21 Å². The molecule has 146 valence electrons. The fraction of sp³-hybridized carbons (Fsp3) is 0.105. The standard InChI is InChI=1S/C19H16Cl2N2O3S2/c1-12(14-6-9-16(20)17(21)11-14)22-19(24)13-4-7-15(8-5-13)23-28(25,26)18-3-2-10-27-18/h2-12,23H,1H3,(H,22,24). The molecule has 0 fully saturated rings. The van der Waals surface area contributed by atoms with Gasteiger partial charge in [-0.2, -0.15) is 0 Å². The van der Waals surface area contributed by atoms with Crippen LogP contribution in [0, 0.1) is 0 Å². The number of hydrogen-bond acceptors (Lipinski definition) is 4. The first-order valence-corrected chi connectivity index (χ1v) is 11.3. The van der Waals surface area contributed by atoms with Crippen molar-refractivity contribution < 1.29 is 13.2 Å². The predicted molar refractivity (Wildman–Crippen MR) is 114 cm³/mol. The fourth-order valence-electron chi connectivity index (χ4n) is 2.46. The number of nitrogens with one attached hydrogen (secondary N) is 2. The molecule has 0 saturated heterocycles. The normalized spacial score (nSPS) is 12.4. The van der Waals surface area contributed by atoms with Crippen LogP contribution in [0.3, 0.4) is 0 Å². The first-order valence-electron chi connectivity index (χ1n) is 8.18. The van der Waals surface area contributed by atoms with Crippen molar-refractivity contribution >= 4 is 56.2 Å². The maximum atomic E-state index is 12.5. The molecule has 1 amide bonds. The average Bonchev–Trinajstić information content (AvgIpc) is 3.20. The smallest absolute Gasteiger partial charge is 0.271 e. The third-order valence-corrected chi connectivity index (χ3v) is 7.47. The molecule has 2 N–H and O–H groups in total. The summed E-state index contributed by atoms with van der Waals surface area (Å²) in [5.41, 5.74) is 1.61. The highest BCUT2D eigenvalue weighted by Crippen LogP contribution is 2.26. The van der Waals surface area contributed by atoms with Crippen LogP contribution in [0.2, 0.25) is 10.0 Å². The Hall–Kier alpha value is -2.06. The summed E-state index contributed by atoms with van der Waals surface area (Å²) in [6, 6.07) is 14.3. The Labute approximate surface area is 177 Å². The molecule has 28 heavy (non-hydrogen) atoms. The number of thiophene rings is 1. The molecule has 0 spiro atoms. The molecule has 5 nitrogen and oxygen atoms in total. The zero-order chi connectivity index (χ0) is 20.3. The van der Waals surface area contributed by atoms with Gasteiger partial charge in [-0.1, -0.05) is 35.3 Å². The Balaban J connectivity index is 1.67. The van der Waals surface area contributed by atoms with Gasteiger partial charge >= 0.3 is 0 Å². The molecule has 0 bridgehead atoms. The fourth-order valence-corrected chi connectivity index (χ4v) is 4.81. The van der Waals surface area contributed by atoms with Crippen LogP contribution >= 0.6 is 34.5 Å². The molecule has 1 atom stereocenters. The summed E-state index contributed by atoms with van der Waals surface area (Å²) in [6.07, 6.45) is 0. The molecule has 0 saturated carbocycles. The molecule has 3 aromatic rings. The van der Waals surface area contributed by atoms with Gasteiger partial charge in [0.15, 0.2) is 0 Å². The van der Waals surface area contributed by atoms with E-state index in [9.17, 15) is 13.2 Å². The largest absolute Gasteiger partial charge is 0.346 e. The predicted octanol–water partition coefficient (Wildman–Crippen LogP) is 5.35. The lowest BCUT2D eigenvalue weighted by atomic mass is 10.1. The van der Waals surface area contributed by atoms with Crippen molar-refractivity contribution in [3.8, 4) is 0 Å². The van der Waals surface area contributed by atoms with Crippen molar-refractivity contribution in [3.63, 3.8) is 0 Å². The Bertz CT molecular complexity index is 1080. The third kappa shape index (κ3) is 4.86. The molecule has 0 aliphatic heterocycles. The maximum absolute atomic E-state index is 12.5. The monoisotopic (exact) mass is 454 g/mol. The zero-order valence-corrected chi connectivity index (χ0v) is 17.8. The number of anilines is 1. The summed E-state index contributed by atoms with van der Waals surface area (Å²) >= 11 is 13.1. The lowest BCUT2D eigenvalue weighted by Gasteiger charge is -2.15. The van der Waals surface area contributed by atoms with Gasteiger partial charge in [0.25, 0.3) is 15.9 Å². The van der Waals surface area contributed by atoms with Crippen molar-refractivity contribution in [1.82, 2.24) is 5.32 Å². The molecule has 1 unspecified atom stereocenters. The number of benzene rings is 2. The second kappa shape index (κ2) is 8.53. The maximum Gasteiger partial charge on any atom is 0.271 e. The van der Waals surface area contributed by atoms with E-state index < -0.39 is 10.0 Å². The molecule has 0 radical (unpaired) electrons. The Kier molecular flexibility index (Phi) is 6.30. The van der Waals surface area contributed by atoms with Crippen LogP contribution in [0.5, 0.6) is 0 Å². The summed E-state index contributed by atoms with van der Waals surface area (Å²) in [5.74, 6) is -0.286. The van der Waals surface area contributed by atoms with Gasteiger partial charge in [0, 0.05) is 11.3 Å². The van der Waals surface area contributed by atoms with Crippen LogP contribution in [-0.4, -0.2) is 14.3 Å². The van der Waals surface area contributed by atoms with E-state index in [0.29, 0.717) is 21.3 Å². The van der Waals surface area contributed by atoms with Crippen molar-refractivity contribution in [3.05, 3.63) is 81.1 Å². The van der Waals surface area contributed by atoms with Gasteiger partial charge in [-0.05, 0) is 60.3 Å². The molecule has 1 aromatic heterocycles. The molecular formula is C19H16Cl2N2O3S2. The van der Waals surface area contributed by atoms with Gasteiger partial charge in [0.05, 0.1) is 16.1 Å². The van der Waals surface area contributed by atoms with Crippen LogP contribution in [0.1, 0.15) is 28.9 Å². The Morgan fingerprint density at radius 3 is 2.36 bits per heavy atom. The van der Waals surface area contributed by atoms with Gasteiger partial charge < -0.3 is 5.32 Å². The van der Waals surface area contributed by atoms with Crippen LogP contribution in [0.4, 0.5) is 5.69 Å². The van der Waals surface area contributed by atoms with E-state index in [4.69, 9.17) is 23.2 Å². The highest BCUT2D eigenvalue weighted by molar-refractivity contribution is 7.94. The van der Waals surface area contributed by atoms with Crippen molar-refractivity contribution in [1.29, 1.82) is 0 Å². The number of halogens is 2. The molecule has 0 aliphatic rings. The number of amides is 1. The van der Waals surface area contributed by atoms with Gasteiger partial charge in [0.2, 0.25) is 0 Å². The van der Waals surface area contributed by atoms with Gasteiger partial charge in [-0.15, -0.1) is 11.3 Å². The van der Waals surface area contributed by atoms with Gasteiger partial charge in [-0.25, -0.2) is 8.42 Å². The lowest BCUT2D eigenvalue weighted by Crippen LogP contribution is -2.26. The minimum absolute atomic E-state index is 0.227. The molecule has 9 heteroatoms. The summed E-state index contributed by atoms with van der Waals surface area (Å²) in [4.78, 5) is 12.5. The first-order chi connectivity index (χ1) is 13.3. The summed E-state index contributed by atoms with van der Waals surface area (Å²) in [7, 11) is -3.62. The minimum atomic E-state index is -3.62. The quantitative estimate of drug-likeness (QED) is 0.527. The highest BCUT2D eigenvalue weighted by Gasteiger charge is 2.16. The van der Waals surface area contributed by atoms with Crippen LogP contribution < -0.4 is 10.0 Å². The van der Waals surface area contributed by atoms with Crippen LogP contribution in [0.25, 0.3) is 0 Å². The summed E-state index contributed by atoms with van der Waals surface area (Å²) < 4.78 is 27.2. The van der Waals surface area contributed by atoms with Crippen LogP contribution in [-0.2, 0) is 10.0 Å². The average molecular weight is 455 g/mol. The number of rotatable bonds is 6. The van der Waals surface area contributed by atoms with Gasteiger partial charge in [-0.3, -0.25) is 9.52 Å². The van der Waals surface area contributed by atoms with Crippen molar-refractivity contribution in [2.24, 2.45) is 0 Å². The number of hydrogen-bond donors (Lipinski definition) is 2. The molecular weight excluding hydrogens is 439 g/mol. The molecule has 3 rings (SSSR count). The summed E-state index contributed by atoms with van der Waals surface area (Å²) in [6.45, 7) is 1.83. The highest BCUT2D eigenvalue weighted by atomic mass is 35.5. The molecule has 0 aliphatic carbocycles. The summed E-state index contributed by atoms with van der Waals surface area (Å²) in [5, 5.41) is 5.43. The first kappa shape index (κ1) is 20.7. The van der Waals surface area contributed by atoms with E-state index >= 15 is 0 Å². The molecule has 1 heterocycles. The second-order valence-electron chi connectivity index (χ2n) is 5.98. The van der Waals surface area contributed by atoms with Crippen molar-refractivity contribution in [2.45, 2.75) is 17.2 Å². The molecule has 2 aromatic carbocycles. The van der Waals surface area contributed by atoms with E-state index in [1.54, 1.807) is 53.9 Å². The SMILES string of the molecule is CC(NC(=O)c1ccc(NS(=O)(=O)c2cccs2)cc1)c1ccc(Cl)c(Cl)c1. The second-order valence-corrected chi connectivity index (χ2v) is 9.65. The van der Waals surface area contributed by atoms with Crippen molar-refractivity contribution in [2.75, 3.05) is 4.72 Å². The zero-order valence-electron chi connectivity index (χ0n) is 14.6. The third-order valence-electron chi connectivity index (χ3n) is 3.95. The number of sulfonamides is 1. The number of carbonyl (C=O) groups excluding carboxylic acids is 1. The van der Waals surface area contributed by atoms with Crippen LogP contribution in [0.15, 0.2) is 64.2 Å². The number of carbonyl (C=O) groups is 1. The van der Waals surface area contributed by atoms with E-state index in [1.165, 1.54) is 6.07 Å². The van der Waals surface area contributed by atoms with E-state index in [0.717, 1.165) is 16.9 Å². The Morgan fingerprint density at radius 2 is 1.75 bits per heavy atom. The lowest BCUT2D eigenvalue weighted by molar-refractivity contribution is 0.0940. The van der Waals surface area contributed by atoms with E-state index in [2.05, 4.69) is 10.0 Å². The minimum Gasteiger partial charge on any atom is -0.346 e. The Morgan fingerprint density at radius 1 is 1.04 bits per heavy atom. The topological polar surface area (TPSA) is 75.3 Å².